The van der Waals surface area contributed by atoms with Crippen LogP contribution in [0, 0.1) is 5.92 Å². The number of thiocarbonyl (C=S) groups is 1. The summed E-state index contributed by atoms with van der Waals surface area (Å²) >= 11 is 5.23. The lowest BCUT2D eigenvalue weighted by molar-refractivity contribution is 0.415. The van der Waals surface area contributed by atoms with Crippen LogP contribution in [0.15, 0.2) is 29.4 Å². The number of ether oxygens (including phenoxy) is 1. The second-order valence-electron chi connectivity index (χ2n) is 5.17. The smallest absolute Gasteiger partial charge is 0.191 e. The highest BCUT2D eigenvalue weighted by molar-refractivity contribution is 7.80. The van der Waals surface area contributed by atoms with Gasteiger partial charge in [-0.05, 0) is 68.1 Å². The molecule has 2 rings (SSSR count). The largest absolute Gasteiger partial charge is 0.497 e. The molecule has 108 valence electrons. The van der Waals surface area contributed by atoms with E-state index >= 15 is 0 Å². The van der Waals surface area contributed by atoms with Gasteiger partial charge in [0.15, 0.2) is 5.11 Å². The maximum atomic E-state index is 5.23. The van der Waals surface area contributed by atoms with E-state index in [-0.39, 0.29) is 0 Å². The second-order valence-corrected chi connectivity index (χ2v) is 5.58. The standard InChI is InChI=1S/C15H21N3OS/c1-11-4-3-5-13(10-11)17-18-15(20)16-12-6-8-14(19-2)9-7-12/h6-9,11H,3-5,10H2,1-2H3,(H2,16,18,20)/b17-13+/t11-/m0/s1. The summed E-state index contributed by atoms with van der Waals surface area (Å²) in [5.74, 6) is 1.55. The molecule has 1 atom stereocenters. The van der Waals surface area contributed by atoms with E-state index in [4.69, 9.17) is 17.0 Å². The summed E-state index contributed by atoms with van der Waals surface area (Å²) in [7, 11) is 1.65. The number of nitrogens with one attached hydrogen (secondary N) is 2. The molecule has 1 aliphatic rings. The van der Waals surface area contributed by atoms with E-state index in [1.54, 1.807) is 7.11 Å². The zero-order chi connectivity index (χ0) is 14.4. The van der Waals surface area contributed by atoms with Gasteiger partial charge < -0.3 is 10.1 Å². The Hall–Kier alpha value is -1.62. The minimum atomic E-state index is 0.515. The maximum absolute atomic E-state index is 5.23. The van der Waals surface area contributed by atoms with Crippen LogP contribution in [0.4, 0.5) is 5.69 Å². The van der Waals surface area contributed by atoms with Crippen molar-refractivity contribution < 1.29 is 4.74 Å². The molecule has 0 amide bonds. The first-order valence-electron chi connectivity index (χ1n) is 6.94. The molecule has 1 aromatic carbocycles. The lowest BCUT2D eigenvalue weighted by Gasteiger charge is -2.19. The second kappa shape index (κ2) is 7.24. The Balaban J connectivity index is 1.84. The predicted octanol–water partition coefficient (Wildman–Crippen LogP) is 3.55. The minimum Gasteiger partial charge on any atom is -0.497 e. The molecular formula is C15H21N3OS. The number of hydrogen-bond donors (Lipinski definition) is 2. The molecule has 1 aromatic rings. The van der Waals surface area contributed by atoms with Crippen LogP contribution < -0.4 is 15.5 Å². The Morgan fingerprint density at radius 3 is 2.75 bits per heavy atom. The Morgan fingerprint density at radius 1 is 1.35 bits per heavy atom. The van der Waals surface area contributed by atoms with Crippen molar-refractivity contribution in [2.75, 3.05) is 12.4 Å². The van der Waals surface area contributed by atoms with Gasteiger partial charge in [-0.15, -0.1) is 0 Å². The normalized spacial score (nSPS) is 20.5. The quantitative estimate of drug-likeness (QED) is 0.660. The van der Waals surface area contributed by atoms with Crippen molar-refractivity contribution >= 4 is 28.7 Å². The van der Waals surface area contributed by atoms with Gasteiger partial charge in [0, 0.05) is 11.4 Å². The Labute approximate surface area is 125 Å². The van der Waals surface area contributed by atoms with Crippen LogP contribution >= 0.6 is 12.2 Å². The summed E-state index contributed by atoms with van der Waals surface area (Å²) in [4.78, 5) is 0. The number of hydrogen-bond acceptors (Lipinski definition) is 3. The van der Waals surface area contributed by atoms with Crippen molar-refractivity contribution in [1.82, 2.24) is 5.43 Å². The third-order valence-electron chi connectivity index (χ3n) is 3.41. The molecule has 0 unspecified atom stereocenters. The van der Waals surface area contributed by atoms with Crippen LogP contribution in [0.25, 0.3) is 0 Å². The number of rotatable bonds is 3. The minimum absolute atomic E-state index is 0.515. The number of nitrogens with zero attached hydrogens (tertiary/aromatic N) is 1. The van der Waals surface area contributed by atoms with Gasteiger partial charge in [0.25, 0.3) is 0 Å². The summed E-state index contributed by atoms with van der Waals surface area (Å²) in [6.07, 6.45) is 4.66. The molecule has 4 nitrogen and oxygen atoms in total. The van der Waals surface area contributed by atoms with Crippen LogP contribution in [0.3, 0.4) is 0 Å². The van der Waals surface area contributed by atoms with Gasteiger partial charge in [-0.25, -0.2) is 0 Å². The highest BCUT2D eigenvalue weighted by Gasteiger charge is 2.13. The third kappa shape index (κ3) is 4.49. The van der Waals surface area contributed by atoms with Gasteiger partial charge in [-0.3, -0.25) is 5.43 Å². The average Bonchev–Trinajstić information content (AvgIpc) is 2.46. The number of anilines is 1. The van der Waals surface area contributed by atoms with E-state index in [9.17, 15) is 0 Å². The summed E-state index contributed by atoms with van der Waals surface area (Å²) in [6.45, 7) is 2.27. The maximum Gasteiger partial charge on any atom is 0.191 e. The monoisotopic (exact) mass is 291 g/mol. The topological polar surface area (TPSA) is 45.6 Å². The van der Waals surface area contributed by atoms with Gasteiger partial charge in [0.1, 0.15) is 5.75 Å². The Bertz CT molecular complexity index is 484. The Morgan fingerprint density at radius 2 is 2.10 bits per heavy atom. The number of methoxy groups -OCH3 is 1. The van der Waals surface area contributed by atoms with E-state index in [1.165, 1.54) is 18.6 Å². The van der Waals surface area contributed by atoms with Gasteiger partial charge >= 0.3 is 0 Å². The van der Waals surface area contributed by atoms with Crippen molar-refractivity contribution in [2.24, 2.45) is 11.0 Å². The predicted molar refractivity (Wildman–Crippen MR) is 87.4 cm³/mol. The van der Waals surface area contributed by atoms with Crippen LogP contribution in [0.2, 0.25) is 0 Å². The molecule has 2 N–H and O–H groups in total. The first-order chi connectivity index (χ1) is 9.67. The van der Waals surface area contributed by atoms with Crippen molar-refractivity contribution in [3.63, 3.8) is 0 Å². The van der Waals surface area contributed by atoms with E-state index in [0.717, 1.165) is 30.2 Å². The Kier molecular flexibility index (Phi) is 5.35. The lowest BCUT2D eigenvalue weighted by Crippen LogP contribution is -2.26. The fourth-order valence-corrected chi connectivity index (χ4v) is 2.49. The van der Waals surface area contributed by atoms with E-state index < -0.39 is 0 Å². The molecular weight excluding hydrogens is 270 g/mol. The number of hydrazone groups is 1. The molecule has 0 radical (unpaired) electrons. The zero-order valence-electron chi connectivity index (χ0n) is 12.0. The van der Waals surface area contributed by atoms with Crippen LogP contribution in [-0.2, 0) is 0 Å². The van der Waals surface area contributed by atoms with E-state index in [1.807, 2.05) is 24.3 Å². The van der Waals surface area contributed by atoms with Crippen molar-refractivity contribution in [3.05, 3.63) is 24.3 Å². The molecule has 1 aliphatic carbocycles. The van der Waals surface area contributed by atoms with Crippen LogP contribution in [0.5, 0.6) is 5.75 Å². The summed E-state index contributed by atoms with van der Waals surface area (Å²) in [6, 6.07) is 7.62. The fourth-order valence-electron chi connectivity index (χ4n) is 2.33. The highest BCUT2D eigenvalue weighted by atomic mass is 32.1. The first-order valence-corrected chi connectivity index (χ1v) is 7.34. The lowest BCUT2D eigenvalue weighted by atomic mass is 9.89. The molecule has 20 heavy (non-hydrogen) atoms. The van der Waals surface area contributed by atoms with Gasteiger partial charge in [0.05, 0.1) is 7.11 Å². The third-order valence-corrected chi connectivity index (χ3v) is 3.60. The molecule has 0 saturated heterocycles. The SMILES string of the molecule is COc1ccc(NC(=S)N/N=C2\CCC[C@H](C)C2)cc1. The summed E-state index contributed by atoms with van der Waals surface area (Å²) < 4.78 is 5.11. The molecule has 0 bridgehead atoms. The van der Waals surface area contributed by atoms with Gasteiger partial charge in [0.2, 0.25) is 0 Å². The zero-order valence-corrected chi connectivity index (χ0v) is 12.8. The van der Waals surface area contributed by atoms with E-state index in [2.05, 4.69) is 22.8 Å². The van der Waals surface area contributed by atoms with Crippen molar-refractivity contribution in [1.29, 1.82) is 0 Å². The molecule has 0 heterocycles. The van der Waals surface area contributed by atoms with E-state index in [0.29, 0.717) is 5.11 Å². The molecule has 1 saturated carbocycles. The molecule has 5 heteroatoms. The van der Waals surface area contributed by atoms with Crippen LogP contribution in [-0.4, -0.2) is 17.9 Å². The number of benzene rings is 1. The average molecular weight is 291 g/mol. The van der Waals surface area contributed by atoms with Gasteiger partial charge in [-0.2, -0.15) is 5.10 Å². The first kappa shape index (κ1) is 14.8. The highest BCUT2D eigenvalue weighted by Crippen LogP contribution is 2.21. The van der Waals surface area contributed by atoms with Crippen molar-refractivity contribution in [3.8, 4) is 5.75 Å². The molecule has 1 fully saturated rings. The summed E-state index contributed by atoms with van der Waals surface area (Å²) in [5, 5.41) is 8.02. The molecule has 0 spiro atoms. The van der Waals surface area contributed by atoms with Crippen LogP contribution in [0.1, 0.15) is 32.6 Å². The van der Waals surface area contributed by atoms with Crippen molar-refractivity contribution in [2.45, 2.75) is 32.6 Å². The molecule has 0 aromatic heterocycles. The molecule has 0 aliphatic heterocycles. The summed E-state index contributed by atoms with van der Waals surface area (Å²) in [5.41, 5.74) is 5.05. The fraction of sp³-hybridized carbons (Fsp3) is 0.467. The van der Waals surface area contributed by atoms with Gasteiger partial charge in [-0.1, -0.05) is 6.92 Å².